The molecule has 3 nitrogen and oxygen atoms in total. The van der Waals surface area contributed by atoms with Gasteiger partial charge in [0.15, 0.2) is 0 Å². The largest absolute Gasteiger partial charge is 0.469 e. The molecule has 0 saturated heterocycles. The number of hydrogen-bond acceptors (Lipinski definition) is 3. The number of benzene rings is 1. The predicted octanol–water partition coefficient (Wildman–Crippen LogP) is 2.52. The van der Waals surface area contributed by atoms with Gasteiger partial charge < -0.3 is 10.1 Å². The van der Waals surface area contributed by atoms with Gasteiger partial charge in [0.05, 0.1) is 13.5 Å². The van der Waals surface area contributed by atoms with Gasteiger partial charge in [-0.05, 0) is 17.7 Å². The Morgan fingerprint density at radius 3 is 2.88 bits per heavy atom. The summed E-state index contributed by atoms with van der Waals surface area (Å²) in [5, 5.41) is 3.17. The Morgan fingerprint density at radius 1 is 1.50 bits per heavy atom. The normalized spacial score (nSPS) is 9.38. The lowest BCUT2D eigenvalue weighted by Gasteiger charge is -2.04. The van der Waals surface area contributed by atoms with Crippen molar-refractivity contribution in [3.05, 3.63) is 34.3 Å². The van der Waals surface area contributed by atoms with E-state index in [4.69, 9.17) is 0 Å². The first-order valence-corrected chi connectivity index (χ1v) is 5.53. The molecule has 90 valence electrons. The third-order valence-corrected chi connectivity index (χ3v) is 2.44. The maximum absolute atomic E-state index is 10.8. The molecule has 0 aliphatic rings. The standard InChI is InChI=1S/C11H14BrNO2.ClH/c1-15-11(14)5-6-13-8-9-3-2-4-10(12)7-9;/h2-4,7,13H,5-6,8H2,1H3;1H. The van der Waals surface area contributed by atoms with E-state index < -0.39 is 0 Å². The summed E-state index contributed by atoms with van der Waals surface area (Å²) in [6, 6.07) is 8.06. The zero-order chi connectivity index (χ0) is 11.1. The Balaban J connectivity index is 0.00000225. The topological polar surface area (TPSA) is 38.3 Å². The fourth-order valence-electron chi connectivity index (χ4n) is 1.17. The van der Waals surface area contributed by atoms with Gasteiger partial charge in [0.1, 0.15) is 0 Å². The molecule has 0 fully saturated rings. The van der Waals surface area contributed by atoms with Crippen LogP contribution in [0.1, 0.15) is 12.0 Å². The first-order valence-electron chi connectivity index (χ1n) is 4.74. The lowest BCUT2D eigenvalue weighted by Crippen LogP contribution is -2.18. The molecule has 0 radical (unpaired) electrons. The lowest BCUT2D eigenvalue weighted by molar-refractivity contribution is -0.140. The van der Waals surface area contributed by atoms with E-state index in [-0.39, 0.29) is 18.4 Å². The molecule has 0 unspecified atom stereocenters. The minimum absolute atomic E-state index is 0. The van der Waals surface area contributed by atoms with Gasteiger partial charge in [-0.1, -0.05) is 28.1 Å². The first kappa shape index (κ1) is 15.4. The van der Waals surface area contributed by atoms with Crippen LogP contribution >= 0.6 is 28.3 Å². The molecular formula is C11H15BrClNO2. The van der Waals surface area contributed by atoms with Crippen molar-refractivity contribution >= 4 is 34.3 Å². The summed E-state index contributed by atoms with van der Waals surface area (Å²) >= 11 is 3.40. The smallest absolute Gasteiger partial charge is 0.306 e. The highest BCUT2D eigenvalue weighted by atomic mass is 79.9. The van der Waals surface area contributed by atoms with Gasteiger partial charge in [-0.15, -0.1) is 12.4 Å². The van der Waals surface area contributed by atoms with Gasteiger partial charge in [-0.25, -0.2) is 0 Å². The van der Waals surface area contributed by atoms with E-state index in [2.05, 4.69) is 26.0 Å². The van der Waals surface area contributed by atoms with Crippen molar-refractivity contribution in [2.45, 2.75) is 13.0 Å². The van der Waals surface area contributed by atoms with E-state index in [1.165, 1.54) is 12.7 Å². The molecule has 1 rings (SSSR count). The summed E-state index contributed by atoms with van der Waals surface area (Å²) in [4.78, 5) is 10.8. The zero-order valence-electron chi connectivity index (χ0n) is 9.03. The Hall–Kier alpha value is -0.580. The van der Waals surface area contributed by atoms with Crippen molar-refractivity contribution < 1.29 is 9.53 Å². The molecular weight excluding hydrogens is 293 g/mol. The molecule has 0 bridgehead atoms. The summed E-state index contributed by atoms with van der Waals surface area (Å²) in [5.41, 5.74) is 1.19. The van der Waals surface area contributed by atoms with Gasteiger partial charge in [-0.3, -0.25) is 4.79 Å². The third-order valence-electron chi connectivity index (χ3n) is 1.95. The van der Waals surface area contributed by atoms with Crippen LogP contribution in [0.25, 0.3) is 0 Å². The Labute approximate surface area is 110 Å². The van der Waals surface area contributed by atoms with E-state index >= 15 is 0 Å². The van der Waals surface area contributed by atoms with E-state index in [1.807, 2.05) is 24.3 Å². The molecule has 0 aliphatic carbocycles. The fourth-order valence-corrected chi connectivity index (χ4v) is 1.62. The Bertz CT molecular complexity index is 334. The molecule has 0 amide bonds. The molecule has 0 aliphatic heterocycles. The van der Waals surface area contributed by atoms with Crippen LogP contribution in [-0.4, -0.2) is 19.6 Å². The maximum Gasteiger partial charge on any atom is 0.306 e. The molecule has 16 heavy (non-hydrogen) atoms. The molecule has 1 N–H and O–H groups in total. The van der Waals surface area contributed by atoms with E-state index in [1.54, 1.807) is 0 Å². The number of carbonyl (C=O) groups is 1. The number of halogens is 2. The van der Waals surface area contributed by atoms with Crippen LogP contribution in [0.3, 0.4) is 0 Å². The number of esters is 1. The molecule has 0 aromatic heterocycles. The Kier molecular flexibility index (Phi) is 8.25. The number of nitrogens with one attached hydrogen (secondary N) is 1. The zero-order valence-corrected chi connectivity index (χ0v) is 11.4. The number of ether oxygens (including phenoxy) is 1. The van der Waals surface area contributed by atoms with Crippen molar-refractivity contribution in [3.63, 3.8) is 0 Å². The van der Waals surface area contributed by atoms with Gasteiger partial charge in [0.2, 0.25) is 0 Å². The van der Waals surface area contributed by atoms with Gasteiger partial charge >= 0.3 is 5.97 Å². The average molecular weight is 309 g/mol. The minimum atomic E-state index is -0.184. The van der Waals surface area contributed by atoms with Crippen LogP contribution in [0.2, 0.25) is 0 Å². The minimum Gasteiger partial charge on any atom is -0.469 e. The van der Waals surface area contributed by atoms with E-state index in [0.29, 0.717) is 13.0 Å². The number of rotatable bonds is 5. The molecule has 0 saturated carbocycles. The second-order valence-electron chi connectivity index (χ2n) is 3.13. The average Bonchev–Trinajstić information content (AvgIpc) is 2.24. The van der Waals surface area contributed by atoms with Crippen LogP contribution in [0.4, 0.5) is 0 Å². The van der Waals surface area contributed by atoms with Crippen molar-refractivity contribution in [3.8, 4) is 0 Å². The quantitative estimate of drug-likeness (QED) is 0.671. The Morgan fingerprint density at radius 2 is 2.25 bits per heavy atom. The number of carbonyl (C=O) groups excluding carboxylic acids is 1. The van der Waals surface area contributed by atoms with E-state index in [9.17, 15) is 4.79 Å². The molecule has 1 aromatic rings. The third kappa shape index (κ3) is 6.10. The monoisotopic (exact) mass is 307 g/mol. The first-order chi connectivity index (χ1) is 7.22. The van der Waals surface area contributed by atoms with Crippen LogP contribution in [-0.2, 0) is 16.1 Å². The molecule has 1 aromatic carbocycles. The number of hydrogen-bond donors (Lipinski definition) is 1. The summed E-state index contributed by atoms with van der Waals surface area (Å²) in [7, 11) is 1.40. The summed E-state index contributed by atoms with van der Waals surface area (Å²) < 4.78 is 5.60. The van der Waals surface area contributed by atoms with Gasteiger partial charge in [0.25, 0.3) is 0 Å². The fraction of sp³-hybridized carbons (Fsp3) is 0.364. The van der Waals surface area contributed by atoms with Crippen LogP contribution in [0.15, 0.2) is 28.7 Å². The SMILES string of the molecule is COC(=O)CCNCc1cccc(Br)c1.Cl. The molecule has 0 spiro atoms. The van der Waals surface area contributed by atoms with Crippen LogP contribution in [0, 0.1) is 0 Å². The maximum atomic E-state index is 10.8. The summed E-state index contributed by atoms with van der Waals surface area (Å²) in [5.74, 6) is -0.184. The predicted molar refractivity (Wildman–Crippen MR) is 69.7 cm³/mol. The van der Waals surface area contributed by atoms with Crippen molar-refractivity contribution in [2.75, 3.05) is 13.7 Å². The van der Waals surface area contributed by atoms with Crippen molar-refractivity contribution in [1.29, 1.82) is 0 Å². The van der Waals surface area contributed by atoms with Gasteiger partial charge in [-0.2, -0.15) is 0 Å². The number of methoxy groups -OCH3 is 1. The highest BCUT2D eigenvalue weighted by molar-refractivity contribution is 9.10. The van der Waals surface area contributed by atoms with Crippen LogP contribution < -0.4 is 5.32 Å². The van der Waals surface area contributed by atoms with Crippen molar-refractivity contribution in [1.82, 2.24) is 5.32 Å². The summed E-state index contributed by atoms with van der Waals surface area (Å²) in [6.45, 7) is 1.40. The highest BCUT2D eigenvalue weighted by Gasteiger charge is 1.99. The molecule has 5 heteroatoms. The van der Waals surface area contributed by atoms with E-state index in [0.717, 1.165) is 11.0 Å². The lowest BCUT2D eigenvalue weighted by atomic mass is 10.2. The second kappa shape index (κ2) is 8.56. The second-order valence-corrected chi connectivity index (χ2v) is 4.05. The van der Waals surface area contributed by atoms with Crippen LogP contribution in [0.5, 0.6) is 0 Å². The van der Waals surface area contributed by atoms with Crippen molar-refractivity contribution in [2.24, 2.45) is 0 Å². The molecule has 0 heterocycles. The highest BCUT2D eigenvalue weighted by Crippen LogP contribution is 2.11. The molecule has 0 atom stereocenters. The van der Waals surface area contributed by atoms with Gasteiger partial charge in [0, 0.05) is 17.6 Å². The summed E-state index contributed by atoms with van der Waals surface area (Å²) in [6.07, 6.45) is 0.407.